The van der Waals surface area contributed by atoms with E-state index in [1.54, 1.807) is 25.1 Å². The van der Waals surface area contributed by atoms with Gasteiger partial charge in [-0.3, -0.25) is 9.59 Å². The van der Waals surface area contributed by atoms with Crippen LogP contribution in [0.15, 0.2) is 51.4 Å². The number of carbonyl (C=O) groups is 2. The van der Waals surface area contributed by atoms with Gasteiger partial charge in [0.05, 0.1) is 10.2 Å². The van der Waals surface area contributed by atoms with Crippen LogP contribution in [0.5, 0.6) is 0 Å². The number of fused-ring (bicyclic) bond motifs is 1. The van der Waals surface area contributed by atoms with Crippen LogP contribution < -0.4 is 5.32 Å². The van der Waals surface area contributed by atoms with Gasteiger partial charge in [0.15, 0.2) is 22.3 Å². The average Bonchev–Trinajstić information content (AvgIpc) is 3.39. The number of anilines is 1. The maximum Gasteiger partial charge on any atom is 0.289 e. The topological polar surface area (TPSA) is 101 Å². The molecule has 1 aromatic carbocycles. The molecule has 0 radical (unpaired) electrons. The van der Waals surface area contributed by atoms with Crippen LogP contribution in [0.1, 0.15) is 16.3 Å². The van der Waals surface area contributed by atoms with Crippen LogP contribution >= 0.6 is 11.3 Å². The second-order valence-electron chi connectivity index (χ2n) is 6.18. The fourth-order valence-electron chi connectivity index (χ4n) is 2.63. The summed E-state index contributed by atoms with van der Waals surface area (Å²) in [5.41, 5.74) is 0.878. The fourth-order valence-corrected chi connectivity index (χ4v) is 3.56. The van der Waals surface area contributed by atoms with E-state index in [0.29, 0.717) is 22.3 Å². The number of benzene rings is 1. The van der Waals surface area contributed by atoms with Crippen LogP contribution in [-0.4, -0.2) is 40.4 Å². The van der Waals surface area contributed by atoms with E-state index in [1.165, 1.54) is 23.3 Å². The summed E-state index contributed by atoms with van der Waals surface area (Å²) in [5.74, 6) is 0.750. The fraction of sp³-hybridized carbons (Fsp3) is 0.158. The molecule has 8 nitrogen and oxygen atoms in total. The Balaban J connectivity index is 1.43. The molecule has 0 bridgehead atoms. The number of likely N-dealkylation sites (N-methyl/N-ethyl adjacent to an activating group) is 1. The lowest BCUT2D eigenvalue weighted by molar-refractivity contribution is -0.116. The number of para-hydroxylation sites is 1. The van der Waals surface area contributed by atoms with E-state index in [-0.39, 0.29) is 18.2 Å². The summed E-state index contributed by atoms with van der Waals surface area (Å²) < 4.78 is 11.6. The Labute approximate surface area is 163 Å². The van der Waals surface area contributed by atoms with Gasteiger partial charge < -0.3 is 19.2 Å². The molecule has 3 heterocycles. The summed E-state index contributed by atoms with van der Waals surface area (Å²) in [4.78, 5) is 30.4. The number of thiazole rings is 1. The summed E-state index contributed by atoms with van der Waals surface area (Å²) >= 11 is 1.49. The van der Waals surface area contributed by atoms with Crippen molar-refractivity contribution in [3.63, 3.8) is 0 Å². The minimum atomic E-state index is -0.404. The van der Waals surface area contributed by atoms with E-state index in [2.05, 4.69) is 15.5 Å². The minimum absolute atomic E-state index is 0.141. The highest BCUT2D eigenvalue weighted by Crippen LogP contribution is 2.31. The highest BCUT2D eigenvalue weighted by molar-refractivity contribution is 7.21. The molecule has 4 aromatic rings. The predicted molar refractivity (Wildman–Crippen MR) is 104 cm³/mol. The molecular weight excluding hydrogens is 380 g/mol. The molecule has 9 heteroatoms. The number of furan rings is 1. The number of carbonyl (C=O) groups excluding carboxylic acids is 2. The summed E-state index contributed by atoms with van der Waals surface area (Å²) in [6.07, 6.45) is 0. The van der Waals surface area contributed by atoms with Crippen LogP contribution in [0.4, 0.5) is 5.82 Å². The van der Waals surface area contributed by atoms with Crippen molar-refractivity contribution in [2.75, 3.05) is 18.9 Å². The normalized spacial score (nSPS) is 10.9. The van der Waals surface area contributed by atoms with Crippen molar-refractivity contribution < 1.29 is 18.5 Å². The molecule has 4 rings (SSSR count). The Bertz CT molecular complexity index is 1130. The predicted octanol–water partition coefficient (Wildman–Crippen LogP) is 3.56. The first-order valence-electron chi connectivity index (χ1n) is 8.44. The van der Waals surface area contributed by atoms with Crippen molar-refractivity contribution in [2.45, 2.75) is 6.92 Å². The molecule has 0 aliphatic carbocycles. The highest BCUT2D eigenvalue weighted by atomic mass is 32.1. The number of rotatable bonds is 5. The zero-order chi connectivity index (χ0) is 19.7. The van der Waals surface area contributed by atoms with Crippen molar-refractivity contribution in [3.8, 4) is 10.8 Å². The van der Waals surface area contributed by atoms with Crippen LogP contribution in [0, 0.1) is 6.92 Å². The maximum atomic E-state index is 12.6. The molecule has 0 fully saturated rings. The van der Waals surface area contributed by atoms with Crippen molar-refractivity contribution in [1.29, 1.82) is 0 Å². The first-order valence-corrected chi connectivity index (χ1v) is 9.25. The molecule has 1 N–H and O–H groups in total. The molecule has 28 heavy (non-hydrogen) atoms. The van der Waals surface area contributed by atoms with E-state index in [9.17, 15) is 9.59 Å². The lowest BCUT2D eigenvalue weighted by Gasteiger charge is -2.14. The van der Waals surface area contributed by atoms with Crippen molar-refractivity contribution in [1.82, 2.24) is 15.0 Å². The van der Waals surface area contributed by atoms with Gasteiger partial charge in [0.1, 0.15) is 12.3 Å². The number of nitrogens with one attached hydrogen (secondary N) is 1. The van der Waals surface area contributed by atoms with E-state index >= 15 is 0 Å². The second kappa shape index (κ2) is 7.28. The highest BCUT2D eigenvalue weighted by Gasteiger charge is 2.20. The Morgan fingerprint density at radius 2 is 2.04 bits per heavy atom. The van der Waals surface area contributed by atoms with E-state index in [1.807, 2.05) is 24.3 Å². The SMILES string of the molecule is Cc1cc(NC(=O)CN(C)C(=O)c2ccc(-c3nc4ccccc4s3)o2)no1. The van der Waals surface area contributed by atoms with Gasteiger partial charge in [-0.25, -0.2) is 4.98 Å². The molecule has 0 aliphatic heterocycles. The molecule has 0 atom stereocenters. The van der Waals surface area contributed by atoms with E-state index in [0.717, 1.165) is 10.2 Å². The second-order valence-corrected chi connectivity index (χ2v) is 7.21. The number of amides is 2. The maximum absolute atomic E-state index is 12.6. The molecule has 3 aromatic heterocycles. The first kappa shape index (κ1) is 17.9. The molecule has 0 aliphatic rings. The van der Waals surface area contributed by atoms with Gasteiger partial charge in [-0.2, -0.15) is 0 Å². The molecule has 0 spiro atoms. The van der Waals surface area contributed by atoms with Crippen LogP contribution in [0.2, 0.25) is 0 Å². The Morgan fingerprint density at radius 1 is 1.21 bits per heavy atom. The van der Waals surface area contributed by atoms with Crippen LogP contribution in [0.25, 0.3) is 21.0 Å². The van der Waals surface area contributed by atoms with Crippen LogP contribution in [0.3, 0.4) is 0 Å². The monoisotopic (exact) mass is 396 g/mol. The average molecular weight is 396 g/mol. The number of nitrogens with zero attached hydrogens (tertiary/aromatic N) is 3. The van der Waals surface area contributed by atoms with Gasteiger partial charge in [0, 0.05) is 13.1 Å². The summed E-state index contributed by atoms with van der Waals surface area (Å²) in [7, 11) is 1.52. The van der Waals surface area contributed by atoms with Crippen molar-refractivity contribution in [2.24, 2.45) is 0 Å². The van der Waals surface area contributed by atoms with Gasteiger partial charge in [0.25, 0.3) is 5.91 Å². The van der Waals surface area contributed by atoms with E-state index < -0.39 is 5.91 Å². The zero-order valence-electron chi connectivity index (χ0n) is 15.1. The molecule has 142 valence electrons. The third-order valence-corrected chi connectivity index (χ3v) is 5.00. The third kappa shape index (κ3) is 3.65. The van der Waals surface area contributed by atoms with Gasteiger partial charge in [0.2, 0.25) is 5.91 Å². The lowest BCUT2D eigenvalue weighted by atomic mass is 10.3. The molecule has 2 amide bonds. The van der Waals surface area contributed by atoms with Gasteiger partial charge in [-0.05, 0) is 31.2 Å². The smallest absolute Gasteiger partial charge is 0.289 e. The number of aryl methyl sites for hydroxylation is 1. The number of hydrogen-bond acceptors (Lipinski definition) is 7. The molecular formula is C19H16N4O4S. The standard InChI is InChI=1S/C19H16N4O4S/c1-11-9-16(22-27-11)21-17(24)10-23(2)19(25)14-8-7-13(26-14)18-20-12-5-3-4-6-15(12)28-18/h3-9H,10H2,1-2H3,(H,21,22,24). The Hall–Kier alpha value is -3.46. The van der Waals surface area contributed by atoms with Crippen molar-refractivity contribution in [3.05, 3.63) is 54.0 Å². The van der Waals surface area contributed by atoms with Crippen molar-refractivity contribution >= 4 is 39.2 Å². The van der Waals surface area contributed by atoms with Gasteiger partial charge >= 0.3 is 0 Å². The minimum Gasteiger partial charge on any atom is -0.448 e. The summed E-state index contributed by atoms with van der Waals surface area (Å²) in [5, 5.41) is 6.95. The van der Waals surface area contributed by atoms with Gasteiger partial charge in [-0.1, -0.05) is 17.3 Å². The lowest BCUT2D eigenvalue weighted by Crippen LogP contribution is -2.34. The van der Waals surface area contributed by atoms with Gasteiger partial charge in [-0.15, -0.1) is 11.3 Å². The quantitative estimate of drug-likeness (QED) is 0.553. The first-order chi connectivity index (χ1) is 13.5. The molecule has 0 saturated heterocycles. The molecule has 0 saturated carbocycles. The van der Waals surface area contributed by atoms with Crippen LogP contribution in [-0.2, 0) is 4.79 Å². The number of aromatic nitrogens is 2. The number of hydrogen-bond donors (Lipinski definition) is 1. The molecule has 0 unspecified atom stereocenters. The third-order valence-electron chi connectivity index (χ3n) is 3.94. The Kier molecular flexibility index (Phi) is 4.66. The Morgan fingerprint density at radius 3 is 2.79 bits per heavy atom. The summed E-state index contributed by atoms with van der Waals surface area (Å²) in [6, 6.07) is 12.7. The largest absolute Gasteiger partial charge is 0.448 e. The zero-order valence-corrected chi connectivity index (χ0v) is 15.9. The van der Waals surface area contributed by atoms with E-state index in [4.69, 9.17) is 8.94 Å². The summed E-state index contributed by atoms with van der Waals surface area (Å²) in [6.45, 7) is 1.57.